The van der Waals surface area contributed by atoms with Crippen LogP contribution in [0.3, 0.4) is 0 Å². The zero-order valence-corrected chi connectivity index (χ0v) is 8.56. The second-order valence-electron chi connectivity index (χ2n) is 4.02. The first kappa shape index (κ1) is 9.68. The number of aryl methyl sites for hydroxylation is 1. The van der Waals surface area contributed by atoms with Crippen LogP contribution in [0.15, 0.2) is 12.4 Å². The summed E-state index contributed by atoms with van der Waals surface area (Å²) in [5.41, 5.74) is 1.20. The number of β-amino-alcohol motifs (C(OH)–C–C–N with tert-alkyl or cyclic N) is 1. The van der Waals surface area contributed by atoms with Crippen LogP contribution in [0.4, 0.5) is 0 Å². The van der Waals surface area contributed by atoms with E-state index in [0.29, 0.717) is 0 Å². The molecule has 1 fully saturated rings. The van der Waals surface area contributed by atoms with Crippen molar-refractivity contribution in [3.8, 4) is 0 Å². The van der Waals surface area contributed by atoms with Crippen molar-refractivity contribution in [2.45, 2.75) is 26.0 Å². The molecule has 0 saturated carbocycles. The average Bonchev–Trinajstić information content (AvgIpc) is 2.72. The molecule has 1 saturated heterocycles. The van der Waals surface area contributed by atoms with E-state index in [1.165, 1.54) is 5.56 Å². The number of likely N-dealkylation sites (tertiary alicyclic amines) is 1. The normalized spacial score (nSPS) is 23.1. The summed E-state index contributed by atoms with van der Waals surface area (Å²) in [6.07, 6.45) is 4.72. The fraction of sp³-hybridized carbons (Fsp3) is 0.700. The number of hydrogen-bond donors (Lipinski definition) is 1. The van der Waals surface area contributed by atoms with E-state index in [9.17, 15) is 5.11 Å². The highest BCUT2D eigenvalue weighted by molar-refractivity contribution is 4.99. The van der Waals surface area contributed by atoms with Crippen molar-refractivity contribution in [3.63, 3.8) is 0 Å². The van der Waals surface area contributed by atoms with Crippen molar-refractivity contribution in [2.75, 3.05) is 19.6 Å². The zero-order valence-electron chi connectivity index (χ0n) is 8.56. The summed E-state index contributed by atoms with van der Waals surface area (Å²) in [5, 5.41) is 13.6. The molecule has 0 aliphatic carbocycles. The minimum atomic E-state index is -0.116. The lowest BCUT2D eigenvalue weighted by atomic mass is 10.3. The molecule has 0 aromatic carbocycles. The summed E-state index contributed by atoms with van der Waals surface area (Å²) in [5.74, 6) is 0. The van der Waals surface area contributed by atoms with Crippen molar-refractivity contribution >= 4 is 0 Å². The Labute approximate surface area is 84.1 Å². The lowest BCUT2D eigenvalue weighted by Crippen LogP contribution is -2.26. The molecule has 78 valence electrons. The third-order valence-corrected chi connectivity index (χ3v) is 2.66. The van der Waals surface area contributed by atoms with Crippen LogP contribution in [0.5, 0.6) is 0 Å². The Kier molecular flexibility index (Phi) is 2.84. The molecule has 0 unspecified atom stereocenters. The minimum Gasteiger partial charge on any atom is -0.392 e. The molecule has 0 spiro atoms. The highest BCUT2D eigenvalue weighted by Gasteiger charge is 2.19. The lowest BCUT2D eigenvalue weighted by molar-refractivity contribution is 0.174. The first-order valence-electron chi connectivity index (χ1n) is 5.13. The maximum Gasteiger partial charge on any atom is 0.0679 e. The third kappa shape index (κ3) is 2.33. The zero-order chi connectivity index (χ0) is 9.97. The molecule has 0 bridgehead atoms. The fourth-order valence-electron chi connectivity index (χ4n) is 1.85. The molecule has 1 N–H and O–H groups in total. The van der Waals surface area contributed by atoms with E-state index in [0.717, 1.165) is 32.6 Å². The van der Waals surface area contributed by atoms with Crippen LogP contribution >= 0.6 is 0 Å². The van der Waals surface area contributed by atoms with Crippen molar-refractivity contribution in [1.29, 1.82) is 0 Å². The van der Waals surface area contributed by atoms with Crippen LogP contribution in [-0.2, 0) is 6.54 Å². The van der Waals surface area contributed by atoms with Gasteiger partial charge in [-0.1, -0.05) is 0 Å². The first-order chi connectivity index (χ1) is 6.74. The molecule has 1 aliphatic rings. The van der Waals surface area contributed by atoms with Crippen LogP contribution in [0, 0.1) is 6.92 Å². The molecule has 2 heterocycles. The van der Waals surface area contributed by atoms with E-state index < -0.39 is 0 Å². The van der Waals surface area contributed by atoms with Gasteiger partial charge in [0.05, 0.1) is 18.8 Å². The number of nitrogens with zero attached hydrogens (tertiary/aromatic N) is 3. The van der Waals surface area contributed by atoms with E-state index in [4.69, 9.17) is 0 Å². The Morgan fingerprint density at radius 2 is 2.43 bits per heavy atom. The van der Waals surface area contributed by atoms with Crippen molar-refractivity contribution in [2.24, 2.45) is 0 Å². The molecule has 1 aliphatic heterocycles. The summed E-state index contributed by atoms with van der Waals surface area (Å²) >= 11 is 0. The molecule has 0 amide bonds. The van der Waals surface area contributed by atoms with Gasteiger partial charge in [-0.05, 0) is 18.9 Å². The van der Waals surface area contributed by atoms with Crippen molar-refractivity contribution in [3.05, 3.63) is 18.0 Å². The van der Waals surface area contributed by atoms with Gasteiger partial charge in [0.2, 0.25) is 0 Å². The Balaban J connectivity index is 1.77. The van der Waals surface area contributed by atoms with Crippen LogP contribution in [0.2, 0.25) is 0 Å². The van der Waals surface area contributed by atoms with Gasteiger partial charge in [-0.3, -0.25) is 9.58 Å². The highest BCUT2D eigenvalue weighted by atomic mass is 16.3. The molecule has 4 nitrogen and oxygen atoms in total. The highest BCUT2D eigenvalue weighted by Crippen LogP contribution is 2.08. The smallest absolute Gasteiger partial charge is 0.0679 e. The van der Waals surface area contributed by atoms with Gasteiger partial charge in [0.25, 0.3) is 0 Å². The van der Waals surface area contributed by atoms with Crippen LogP contribution in [0.1, 0.15) is 12.0 Å². The lowest BCUT2D eigenvalue weighted by Gasteiger charge is -2.14. The van der Waals surface area contributed by atoms with E-state index >= 15 is 0 Å². The molecule has 0 radical (unpaired) electrons. The summed E-state index contributed by atoms with van der Waals surface area (Å²) in [6.45, 7) is 5.78. The summed E-state index contributed by atoms with van der Waals surface area (Å²) in [7, 11) is 0. The predicted octanol–water partition coefficient (Wildman–Crippen LogP) is 0.258. The topological polar surface area (TPSA) is 41.3 Å². The van der Waals surface area contributed by atoms with Gasteiger partial charge in [-0.15, -0.1) is 0 Å². The van der Waals surface area contributed by atoms with Gasteiger partial charge in [-0.25, -0.2) is 0 Å². The van der Waals surface area contributed by atoms with Crippen LogP contribution in [-0.4, -0.2) is 45.5 Å². The van der Waals surface area contributed by atoms with Crippen LogP contribution in [0.25, 0.3) is 0 Å². The quantitative estimate of drug-likeness (QED) is 0.752. The molecule has 1 atom stereocenters. The van der Waals surface area contributed by atoms with Gasteiger partial charge in [-0.2, -0.15) is 5.10 Å². The Morgan fingerprint density at radius 3 is 3.00 bits per heavy atom. The molecule has 2 rings (SSSR count). The van der Waals surface area contributed by atoms with E-state index in [1.807, 2.05) is 24.0 Å². The summed E-state index contributed by atoms with van der Waals surface area (Å²) < 4.78 is 1.96. The van der Waals surface area contributed by atoms with E-state index in [2.05, 4.69) is 10.00 Å². The fourth-order valence-corrected chi connectivity index (χ4v) is 1.85. The summed E-state index contributed by atoms with van der Waals surface area (Å²) in [6, 6.07) is 0. The predicted molar refractivity (Wildman–Crippen MR) is 54.0 cm³/mol. The standard InChI is InChI=1S/C10H17N3O/c1-9-6-11-13(7-9)5-4-12-3-2-10(14)8-12/h6-7,10,14H,2-5,8H2,1H3/t10-/m1/s1. The van der Waals surface area contributed by atoms with Crippen molar-refractivity contribution < 1.29 is 5.11 Å². The molecule has 1 aromatic heterocycles. The van der Waals surface area contributed by atoms with Crippen LogP contribution < -0.4 is 0 Å². The molecular formula is C10H17N3O. The molecular weight excluding hydrogens is 178 g/mol. The molecule has 4 heteroatoms. The Hall–Kier alpha value is -0.870. The maximum absolute atomic E-state index is 9.34. The monoisotopic (exact) mass is 195 g/mol. The van der Waals surface area contributed by atoms with Gasteiger partial charge in [0, 0.05) is 25.8 Å². The SMILES string of the molecule is Cc1cnn(CCN2CC[C@@H](O)C2)c1. The maximum atomic E-state index is 9.34. The second kappa shape index (κ2) is 4.11. The largest absolute Gasteiger partial charge is 0.392 e. The molecule has 14 heavy (non-hydrogen) atoms. The summed E-state index contributed by atoms with van der Waals surface area (Å²) in [4.78, 5) is 2.28. The minimum absolute atomic E-state index is 0.116. The van der Waals surface area contributed by atoms with Gasteiger partial charge < -0.3 is 5.11 Å². The van der Waals surface area contributed by atoms with Gasteiger partial charge >= 0.3 is 0 Å². The van der Waals surface area contributed by atoms with E-state index in [-0.39, 0.29) is 6.10 Å². The number of aliphatic hydroxyl groups excluding tert-OH is 1. The molecule has 1 aromatic rings. The second-order valence-corrected chi connectivity index (χ2v) is 4.02. The number of aromatic nitrogens is 2. The van der Waals surface area contributed by atoms with E-state index in [1.54, 1.807) is 0 Å². The number of aliphatic hydroxyl groups is 1. The number of hydrogen-bond acceptors (Lipinski definition) is 3. The third-order valence-electron chi connectivity index (χ3n) is 2.66. The van der Waals surface area contributed by atoms with Crippen molar-refractivity contribution in [1.82, 2.24) is 14.7 Å². The van der Waals surface area contributed by atoms with Gasteiger partial charge in [0.15, 0.2) is 0 Å². The van der Waals surface area contributed by atoms with Gasteiger partial charge in [0.1, 0.15) is 0 Å². The first-order valence-corrected chi connectivity index (χ1v) is 5.13. The number of rotatable bonds is 3. The Bertz CT molecular complexity index is 297. The Morgan fingerprint density at radius 1 is 1.57 bits per heavy atom. The average molecular weight is 195 g/mol.